The summed E-state index contributed by atoms with van der Waals surface area (Å²) in [6.45, 7) is 1.78. The summed E-state index contributed by atoms with van der Waals surface area (Å²) in [7, 11) is 0. The van der Waals surface area contributed by atoms with E-state index in [-0.39, 0.29) is 11.3 Å². The molecule has 24 heavy (non-hydrogen) atoms. The number of carbonyl (C=O) groups excluding carboxylic acids is 1. The van der Waals surface area contributed by atoms with Gasteiger partial charge in [-0.05, 0) is 47.7 Å². The zero-order chi connectivity index (χ0) is 17.3. The van der Waals surface area contributed by atoms with Crippen molar-refractivity contribution < 1.29 is 9.72 Å². The van der Waals surface area contributed by atoms with E-state index in [4.69, 9.17) is 0 Å². The highest BCUT2D eigenvalue weighted by Gasteiger charge is 2.20. The Morgan fingerprint density at radius 2 is 2.12 bits per heavy atom. The van der Waals surface area contributed by atoms with E-state index in [0.717, 1.165) is 0 Å². The molecular formula is C15H12IN5O3. The summed E-state index contributed by atoms with van der Waals surface area (Å²) in [5.41, 5.74) is 0.810. The van der Waals surface area contributed by atoms with Crippen molar-refractivity contribution in [2.24, 2.45) is 0 Å². The third-order valence-corrected chi connectivity index (χ3v) is 4.42. The van der Waals surface area contributed by atoms with Crippen LogP contribution in [-0.2, 0) is 0 Å². The number of nitrogens with one attached hydrogen (secondary N) is 1. The molecule has 0 aliphatic carbocycles. The first-order chi connectivity index (χ1) is 11.5. The van der Waals surface area contributed by atoms with Crippen LogP contribution in [0.25, 0.3) is 5.65 Å². The molecule has 1 unspecified atom stereocenters. The predicted molar refractivity (Wildman–Crippen MR) is 94.7 cm³/mol. The number of fused-ring (bicyclic) bond motifs is 1. The van der Waals surface area contributed by atoms with E-state index in [2.05, 4.69) is 15.5 Å². The standard InChI is InChI=1S/C15H12IN5O3/c1-9(14-19-18-13-4-2-3-7-20(13)14)17-15(22)11-8-10(21(23)24)5-6-12(11)16/h2-9H,1H3,(H,17,22). The molecule has 1 atom stereocenters. The molecule has 1 N–H and O–H groups in total. The second kappa shape index (κ2) is 6.51. The van der Waals surface area contributed by atoms with Gasteiger partial charge in [0.1, 0.15) is 0 Å². The zero-order valence-electron chi connectivity index (χ0n) is 12.5. The van der Waals surface area contributed by atoms with Crippen LogP contribution in [0.2, 0.25) is 0 Å². The number of nitrogens with zero attached hydrogens (tertiary/aromatic N) is 4. The van der Waals surface area contributed by atoms with Gasteiger partial charge in [0.15, 0.2) is 11.5 Å². The van der Waals surface area contributed by atoms with Crippen molar-refractivity contribution in [3.63, 3.8) is 0 Å². The maximum Gasteiger partial charge on any atom is 0.270 e. The lowest BCUT2D eigenvalue weighted by Gasteiger charge is -2.13. The smallest absolute Gasteiger partial charge is 0.270 e. The van der Waals surface area contributed by atoms with Crippen LogP contribution in [0.4, 0.5) is 5.69 Å². The Labute approximate surface area is 150 Å². The minimum absolute atomic E-state index is 0.124. The first-order valence-corrected chi connectivity index (χ1v) is 8.09. The number of non-ortho nitro benzene ring substituents is 1. The van der Waals surface area contributed by atoms with Crippen LogP contribution >= 0.6 is 22.6 Å². The Kier molecular flexibility index (Phi) is 4.42. The van der Waals surface area contributed by atoms with E-state index in [1.807, 2.05) is 47.0 Å². The van der Waals surface area contributed by atoms with Gasteiger partial charge in [-0.3, -0.25) is 19.3 Å². The number of hydrogen-bond donors (Lipinski definition) is 1. The summed E-state index contributed by atoms with van der Waals surface area (Å²) in [5, 5.41) is 21.8. The fourth-order valence-corrected chi connectivity index (χ4v) is 2.88. The van der Waals surface area contributed by atoms with Gasteiger partial charge in [-0.25, -0.2) is 0 Å². The summed E-state index contributed by atoms with van der Waals surface area (Å²) in [4.78, 5) is 22.9. The highest BCUT2D eigenvalue weighted by Crippen LogP contribution is 2.21. The molecule has 0 aliphatic heterocycles. The van der Waals surface area contributed by atoms with Crippen LogP contribution in [0.5, 0.6) is 0 Å². The second-order valence-electron chi connectivity index (χ2n) is 5.10. The Hall–Kier alpha value is -2.56. The number of aromatic nitrogens is 3. The molecule has 0 aliphatic rings. The van der Waals surface area contributed by atoms with E-state index >= 15 is 0 Å². The van der Waals surface area contributed by atoms with Gasteiger partial charge in [-0.1, -0.05) is 6.07 Å². The van der Waals surface area contributed by atoms with Gasteiger partial charge in [0, 0.05) is 21.9 Å². The van der Waals surface area contributed by atoms with E-state index in [1.54, 1.807) is 17.4 Å². The number of halogens is 1. The molecule has 0 radical (unpaired) electrons. The highest BCUT2D eigenvalue weighted by molar-refractivity contribution is 14.1. The van der Waals surface area contributed by atoms with Crippen molar-refractivity contribution >= 4 is 39.8 Å². The zero-order valence-corrected chi connectivity index (χ0v) is 14.7. The number of carbonyl (C=O) groups is 1. The van der Waals surface area contributed by atoms with E-state index in [0.29, 0.717) is 15.0 Å². The Balaban J connectivity index is 1.87. The van der Waals surface area contributed by atoms with E-state index in [9.17, 15) is 14.9 Å². The van der Waals surface area contributed by atoms with Gasteiger partial charge in [-0.2, -0.15) is 0 Å². The Morgan fingerprint density at radius 3 is 2.88 bits per heavy atom. The van der Waals surface area contributed by atoms with Gasteiger partial charge < -0.3 is 5.32 Å². The normalized spacial score (nSPS) is 12.1. The van der Waals surface area contributed by atoms with Crippen molar-refractivity contribution in [3.05, 3.63) is 67.7 Å². The number of nitro benzene ring substituents is 1. The number of hydrogen-bond acceptors (Lipinski definition) is 5. The summed E-state index contributed by atoms with van der Waals surface area (Å²) in [6.07, 6.45) is 1.81. The summed E-state index contributed by atoms with van der Waals surface area (Å²) in [6, 6.07) is 9.28. The second-order valence-corrected chi connectivity index (χ2v) is 6.27. The number of nitro groups is 1. The lowest BCUT2D eigenvalue weighted by Crippen LogP contribution is -2.28. The van der Waals surface area contributed by atoms with Crippen LogP contribution in [0, 0.1) is 13.7 Å². The molecule has 1 aromatic carbocycles. The third kappa shape index (κ3) is 3.07. The van der Waals surface area contributed by atoms with Crippen molar-refractivity contribution in [3.8, 4) is 0 Å². The molecule has 122 valence electrons. The first-order valence-electron chi connectivity index (χ1n) is 7.02. The summed E-state index contributed by atoms with van der Waals surface area (Å²) >= 11 is 1.97. The molecule has 2 heterocycles. The molecular weight excluding hydrogens is 425 g/mol. The van der Waals surface area contributed by atoms with Gasteiger partial charge in [-0.15, -0.1) is 10.2 Å². The van der Waals surface area contributed by atoms with Crippen LogP contribution in [0.15, 0.2) is 42.6 Å². The molecule has 1 amide bonds. The van der Waals surface area contributed by atoms with Crippen LogP contribution < -0.4 is 5.32 Å². The SMILES string of the molecule is CC(NC(=O)c1cc([N+](=O)[O-])ccc1I)c1nnc2ccccn12. The van der Waals surface area contributed by atoms with Gasteiger partial charge in [0.05, 0.1) is 16.5 Å². The average Bonchev–Trinajstić information content (AvgIpc) is 2.99. The number of pyridine rings is 1. The van der Waals surface area contributed by atoms with Gasteiger partial charge >= 0.3 is 0 Å². The van der Waals surface area contributed by atoms with Gasteiger partial charge in [0.25, 0.3) is 11.6 Å². The topological polar surface area (TPSA) is 102 Å². The maximum atomic E-state index is 12.5. The highest BCUT2D eigenvalue weighted by atomic mass is 127. The molecule has 0 bridgehead atoms. The summed E-state index contributed by atoms with van der Waals surface area (Å²) in [5.74, 6) is 0.183. The molecule has 0 spiro atoms. The Bertz CT molecular complexity index is 940. The molecule has 0 saturated heterocycles. The molecule has 9 heteroatoms. The number of amides is 1. The fraction of sp³-hybridized carbons (Fsp3) is 0.133. The lowest BCUT2D eigenvalue weighted by molar-refractivity contribution is -0.384. The predicted octanol–water partition coefficient (Wildman–Crippen LogP) is 2.73. The third-order valence-electron chi connectivity index (χ3n) is 3.48. The molecule has 8 nitrogen and oxygen atoms in total. The minimum atomic E-state index is -0.525. The van der Waals surface area contributed by atoms with Crippen LogP contribution in [0.3, 0.4) is 0 Å². The van der Waals surface area contributed by atoms with E-state index in [1.165, 1.54) is 12.1 Å². The maximum absolute atomic E-state index is 12.5. The average molecular weight is 437 g/mol. The minimum Gasteiger partial charge on any atom is -0.342 e. The summed E-state index contributed by atoms with van der Waals surface area (Å²) < 4.78 is 2.41. The van der Waals surface area contributed by atoms with E-state index < -0.39 is 16.9 Å². The molecule has 0 saturated carbocycles. The molecule has 2 aromatic heterocycles. The van der Waals surface area contributed by atoms with Crippen LogP contribution in [-0.4, -0.2) is 25.4 Å². The quantitative estimate of drug-likeness (QED) is 0.384. The molecule has 3 aromatic rings. The number of rotatable bonds is 4. The van der Waals surface area contributed by atoms with Crippen molar-refractivity contribution in [2.45, 2.75) is 13.0 Å². The van der Waals surface area contributed by atoms with Gasteiger partial charge in [0.2, 0.25) is 0 Å². The van der Waals surface area contributed by atoms with Crippen molar-refractivity contribution in [1.82, 2.24) is 19.9 Å². The van der Waals surface area contributed by atoms with Crippen LogP contribution in [0.1, 0.15) is 29.1 Å². The molecule has 0 fully saturated rings. The largest absolute Gasteiger partial charge is 0.342 e. The van der Waals surface area contributed by atoms with Crippen molar-refractivity contribution in [1.29, 1.82) is 0 Å². The fourth-order valence-electron chi connectivity index (χ4n) is 2.29. The van der Waals surface area contributed by atoms with Crippen molar-refractivity contribution in [2.75, 3.05) is 0 Å². The molecule has 3 rings (SSSR count). The first kappa shape index (κ1) is 16.3. The monoisotopic (exact) mass is 437 g/mol. The number of benzene rings is 1. The Morgan fingerprint density at radius 1 is 1.33 bits per heavy atom. The lowest BCUT2D eigenvalue weighted by atomic mass is 10.1.